The third-order valence-corrected chi connectivity index (χ3v) is 6.78. The molecule has 0 saturated carbocycles. The monoisotopic (exact) mass is 401 g/mol. The molecule has 2 bridgehead atoms. The molecular formula is C21H21F2N3O3. The maximum absolute atomic E-state index is 13.8. The molecular weight excluding hydrogens is 380 g/mol. The molecule has 8 heteroatoms. The second-order valence-corrected chi connectivity index (χ2v) is 8.30. The number of amides is 1. The van der Waals surface area contributed by atoms with Crippen molar-refractivity contribution in [3.05, 3.63) is 63.1 Å². The summed E-state index contributed by atoms with van der Waals surface area (Å²) in [6.07, 6.45) is 5.91. The van der Waals surface area contributed by atoms with Crippen LogP contribution in [-0.4, -0.2) is 32.1 Å². The van der Waals surface area contributed by atoms with Gasteiger partial charge in [0, 0.05) is 49.0 Å². The standard InChI is InChI=1S/C21H21F2N3O3/c22-13-2-1-12(16(23)7-13)8-24-20(29)15-9-25-11-21-5-3-14(4-6-21)26(21)10-17(25)19(28)18(15)27/h1-2,7,9,14,28H,3-6,8,10-11H2,(H,24,29). The van der Waals surface area contributed by atoms with Crippen molar-refractivity contribution in [3.63, 3.8) is 0 Å². The third-order valence-electron chi connectivity index (χ3n) is 6.78. The van der Waals surface area contributed by atoms with E-state index < -0.39 is 28.7 Å². The van der Waals surface area contributed by atoms with E-state index >= 15 is 0 Å². The Labute approximate surface area is 165 Å². The van der Waals surface area contributed by atoms with Crippen LogP contribution in [0.15, 0.2) is 29.2 Å². The Bertz CT molecular complexity index is 1070. The Morgan fingerprint density at radius 2 is 2.03 bits per heavy atom. The van der Waals surface area contributed by atoms with Crippen LogP contribution in [0.4, 0.5) is 8.78 Å². The molecule has 1 amide bonds. The van der Waals surface area contributed by atoms with E-state index in [1.807, 2.05) is 4.57 Å². The Balaban J connectivity index is 1.42. The van der Waals surface area contributed by atoms with Gasteiger partial charge in [0.1, 0.15) is 17.2 Å². The molecule has 0 aliphatic carbocycles. The number of carbonyl (C=O) groups excluding carboxylic acids is 1. The Morgan fingerprint density at radius 1 is 1.28 bits per heavy atom. The largest absolute Gasteiger partial charge is 0.503 e. The number of pyridine rings is 1. The lowest BCUT2D eigenvalue weighted by atomic mass is 9.86. The second kappa shape index (κ2) is 6.38. The maximum Gasteiger partial charge on any atom is 0.257 e. The summed E-state index contributed by atoms with van der Waals surface area (Å²) >= 11 is 0. The highest BCUT2D eigenvalue weighted by Gasteiger charge is 2.53. The van der Waals surface area contributed by atoms with Gasteiger partial charge in [0.05, 0.1) is 5.69 Å². The molecule has 152 valence electrons. The third kappa shape index (κ3) is 2.77. The van der Waals surface area contributed by atoms with Gasteiger partial charge in [0.25, 0.3) is 5.91 Å². The van der Waals surface area contributed by atoms with Gasteiger partial charge in [0.2, 0.25) is 5.43 Å². The summed E-state index contributed by atoms with van der Waals surface area (Å²) < 4.78 is 28.6. The first-order valence-electron chi connectivity index (χ1n) is 9.82. The van der Waals surface area contributed by atoms with Crippen molar-refractivity contribution in [1.82, 2.24) is 14.8 Å². The average Bonchev–Trinajstić information content (AvgIpc) is 3.23. The van der Waals surface area contributed by atoms with Gasteiger partial charge in [-0.2, -0.15) is 0 Å². The highest BCUT2D eigenvalue weighted by Crippen LogP contribution is 2.50. The molecule has 3 aliphatic heterocycles. The Morgan fingerprint density at radius 3 is 2.76 bits per heavy atom. The van der Waals surface area contributed by atoms with Crippen molar-refractivity contribution < 1.29 is 18.7 Å². The van der Waals surface area contributed by atoms with Crippen LogP contribution in [0.1, 0.15) is 47.3 Å². The summed E-state index contributed by atoms with van der Waals surface area (Å²) in [7, 11) is 0. The molecule has 2 fully saturated rings. The van der Waals surface area contributed by atoms with E-state index in [4.69, 9.17) is 0 Å². The summed E-state index contributed by atoms with van der Waals surface area (Å²) in [6.45, 7) is 0.959. The Kier molecular flexibility index (Phi) is 4.03. The molecule has 5 rings (SSSR count). The summed E-state index contributed by atoms with van der Waals surface area (Å²) in [4.78, 5) is 27.6. The molecule has 2 saturated heterocycles. The number of carbonyl (C=O) groups is 1. The topological polar surface area (TPSA) is 74.6 Å². The number of nitrogens with one attached hydrogen (secondary N) is 1. The van der Waals surface area contributed by atoms with Gasteiger partial charge >= 0.3 is 0 Å². The van der Waals surface area contributed by atoms with Crippen molar-refractivity contribution in [1.29, 1.82) is 0 Å². The number of aromatic hydroxyl groups is 1. The second-order valence-electron chi connectivity index (χ2n) is 8.30. The summed E-state index contributed by atoms with van der Waals surface area (Å²) in [5.74, 6) is -2.57. The lowest BCUT2D eigenvalue weighted by Crippen LogP contribution is -2.49. The van der Waals surface area contributed by atoms with E-state index in [1.165, 1.54) is 12.3 Å². The fourth-order valence-corrected chi connectivity index (χ4v) is 5.24. The lowest BCUT2D eigenvalue weighted by Gasteiger charge is -2.41. The van der Waals surface area contributed by atoms with Gasteiger partial charge in [-0.1, -0.05) is 6.07 Å². The predicted octanol–water partition coefficient (Wildman–Crippen LogP) is 2.27. The summed E-state index contributed by atoms with van der Waals surface area (Å²) in [5.41, 5.74) is -0.202. The molecule has 2 N–H and O–H groups in total. The van der Waals surface area contributed by atoms with E-state index in [2.05, 4.69) is 10.2 Å². The van der Waals surface area contributed by atoms with Crippen molar-refractivity contribution in [2.75, 3.05) is 0 Å². The number of benzene rings is 1. The normalized spacial score (nSPS) is 25.0. The quantitative estimate of drug-likeness (QED) is 0.828. The smallest absolute Gasteiger partial charge is 0.257 e. The number of nitrogens with zero attached hydrogens (tertiary/aromatic N) is 2. The first-order valence-corrected chi connectivity index (χ1v) is 9.82. The van der Waals surface area contributed by atoms with Crippen LogP contribution in [0.25, 0.3) is 0 Å². The molecule has 1 aromatic heterocycles. The van der Waals surface area contributed by atoms with Crippen LogP contribution in [0, 0.1) is 11.6 Å². The minimum atomic E-state index is -0.772. The number of fused-ring (bicyclic) bond motifs is 1. The van der Waals surface area contributed by atoms with Gasteiger partial charge in [0.15, 0.2) is 5.75 Å². The van der Waals surface area contributed by atoms with Gasteiger partial charge in [-0.25, -0.2) is 8.78 Å². The van der Waals surface area contributed by atoms with Crippen molar-refractivity contribution in [2.45, 2.75) is 56.9 Å². The molecule has 0 unspecified atom stereocenters. The fourth-order valence-electron chi connectivity index (χ4n) is 5.24. The molecule has 0 radical (unpaired) electrons. The van der Waals surface area contributed by atoms with Crippen LogP contribution < -0.4 is 10.7 Å². The summed E-state index contributed by atoms with van der Waals surface area (Å²) in [6, 6.07) is 3.59. The molecule has 4 heterocycles. The van der Waals surface area contributed by atoms with Gasteiger partial charge in [-0.3, -0.25) is 14.5 Å². The molecule has 1 aromatic carbocycles. The van der Waals surface area contributed by atoms with Crippen LogP contribution in [-0.2, 0) is 19.6 Å². The highest BCUT2D eigenvalue weighted by atomic mass is 19.1. The van der Waals surface area contributed by atoms with Gasteiger partial charge < -0.3 is 15.0 Å². The SMILES string of the molecule is O=C(NCc1ccc(F)cc1F)c1cn2c(c(O)c1=O)CN1C3CCC1(CC3)C2. The van der Waals surface area contributed by atoms with E-state index in [-0.39, 0.29) is 23.2 Å². The number of hydrogen-bond donors (Lipinski definition) is 2. The van der Waals surface area contributed by atoms with Gasteiger partial charge in [-0.15, -0.1) is 0 Å². The van der Waals surface area contributed by atoms with Crippen LogP contribution in [0.3, 0.4) is 0 Å². The lowest BCUT2D eigenvalue weighted by molar-refractivity contribution is 0.0899. The molecule has 6 nitrogen and oxygen atoms in total. The fraction of sp³-hybridized carbons (Fsp3) is 0.429. The summed E-state index contributed by atoms with van der Waals surface area (Å²) in [5, 5.41) is 13.0. The average molecular weight is 401 g/mol. The minimum absolute atomic E-state index is 0.0458. The first-order chi connectivity index (χ1) is 13.9. The van der Waals surface area contributed by atoms with E-state index in [1.54, 1.807) is 0 Å². The number of rotatable bonds is 3. The highest BCUT2D eigenvalue weighted by molar-refractivity contribution is 5.94. The first kappa shape index (κ1) is 18.3. The molecule has 3 aliphatic rings. The van der Waals surface area contributed by atoms with E-state index in [9.17, 15) is 23.5 Å². The molecule has 0 spiro atoms. The van der Waals surface area contributed by atoms with Crippen molar-refractivity contribution >= 4 is 5.91 Å². The molecule has 29 heavy (non-hydrogen) atoms. The van der Waals surface area contributed by atoms with Crippen molar-refractivity contribution in [3.8, 4) is 5.75 Å². The Hall–Kier alpha value is -2.74. The van der Waals surface area contributed by atoms with Crippen molar-refractivity contribution in [2.24, 2.45) is 0 Å². The zero-order valence-corrected chi connectivity index (χ0v) is 15.8. The maximum atomic E-state index is 13.8. The predicted molar refractivity (Wildman–Crippen MR) is 100 cm³/mol. The zero-order valence-electron chi connectivity index (χ0n) is 15.8. The van der Waals surface area contributed by atoms with Crippen LogP contribution in [0.2, 0.25) is 0 Å². The molecule has 0 atom stereocenters. The van der Waals surface area contributed by atoms with Gasteiger partial charge in [-0.05, 0) is 31.7 Å². The number of aromatic nitrogens is 1. The van der Waals surface area contributed by atoms with Crippen LogP contribution in [0.5, 0.6) is 5.75 Å². The van der Waals surface area contributed by atoms with Crippen LogP contribution >= 0.6 is 0 Å². The minimum Gasteiger partial charge on any atom is -0.503 e. The van der Waals surface area contributed by atoms with E-state index in [0.29, 0.717) is 24.8 Å². The number of hydrogen-bond acceptors (Lipinski definition) is 4. The van der Waals surface area contributed by atoms with E-state index in [0.717, 1.165) is 37.8 Å². The molecule has 2 aromatic rings. The number of halogens is 2. The zero-order chi connectivity index (χ0) is 20.3.